The van der Waals surface area contributed by atoms with E-state index in [0.717, 1.165) is 49.6 Å². The molecule has 0 radical (unpaired) electrons. The molecule has 28 heavy (non-hydrogen) atoms. The highest BCUT2D eigenvalue weighted by molar-refractivity contribution is 5.61. The van der Waals surface area contributed by atoms with Gasteiger partial charge in [0, 0.05) is 28.5 Å². The van der Waals surface area contributed by atoms with E-state index in [2.05, 4.69) is 27.1 Å². The summed E-state index contributed by atoms with van der Waals surface area (Å²) in [6.45, 7) is 5.05. The zero-order chi connectivity index (χ0) is 18.9. The van der Waals surface area contributed by atoms with E-state index in [9.17, 15) is 0 Å². The second kappa shape index (κ2) is 6.04. The third-order valence-corrected chi connectivity index (χ3v) is 8.08. The van der Waals surface area contributed by atoms with Gasteiger partial charge in [0.15, 0.2) is 11.5 Å². The number of benzene rings is 1. The molecular formula is C22H28N4O2. The van der Waals surface area contributed by atoms with Crippen molar-refractivity contribution in [1.82, 2.24) is 4.90 Å². The molecule has 2 heterocycles. The van der Waals surface area contributed by atoms with Crippen molar-refractivity contribution in [3.63, 3.8) is 0 Å². The summed E-state index contributed by atoms with van der Waals surface area (Å²) >= 11 is 0. The summed E-state index contributed by atoms with van der Waals surface area (Å²) in [5.41, 5.74) is 12.0. The molecule has 6 rings (SSSR count). The van der Waals surface area contributed by atoms with Crippen LogP contribution in [-0.4, -0.2) is 42.8 Å². The van der Waals surface area contributed by atoms with Crippen molar-refractivity contribution in [2.45, 2.75) is 69.1 Å². The quantitative estimate of drug-likeness (QED) is 0.436. The number of azide groups is 1. The third-order valence-electron chi connectivity index (χ3n) is 8.08. The number of hydrogen-bond acceptors (Lipinski definition) is 4. The average Bonchev–Trinajstić information content (AvgIpc) is 3.44. The number of hydrogen-bond donors (Lipinski definition) is 0. The Balaban J connectivity index is 1.50. The predicted molar refractivity (Wildman–Crippen MR) is 106 cm³/mol. The predicted octanol–water partition coefficient (Wildman–Crippen LogP) is 4.21. The molecule has 148 valence electrons. The van der Waals surface area contributed by atoms with Crippen molar-refractivity contribution < 1.29 is 9.47 Å². The van der Waals surface area contributed by atoms with Gasteiger partial charge in [-0.2, -0.15) is 0 Å². The van der Waals surface area contributed by atoms with Crippen molar-refractivity contribution in [3.8, 4) is 11.5 Å². The van der Waals surface area contributed by atoms with Gasteiger partial charge < -0.3 is 9.47 Å². The summed E-state index contributed by atoms with van der Waals surface area (Å²) < 4.78 is 12.6. The Hall–Kier alpha value is -1.91. The molecule has 3 aliphatic carbocycles. The SMILES string of the molecule is CCOc1ccc2c3c1O[C@H]1[C@H](N=[N+]=[N-])CC[C@H]4[C@@H](C2)N(CC2CC2)CC[C@@]341. The first kappa shape index (κ1) is 17.0. The molecule has 5 atom stereocenters. The molecule has 1 aromatic carbocycles. The Morgan fingerprint density at radius 2 is 2.21 bits per heavy atom. The van der Waals surface area contributed by atoms with Gasteiger partial charge in [-0.1, -0.05) is 11.2 Å². The highest BCUT2D eigenvalue weighted by Gasteiger charge is 2.65. The highest BCUT2D eigenvalue weighted by atomic mass is 16.5. The van der Waals surface area contributed by atoms with Crippen LogP contribution in [0.2, 0.25) is 0 Å². The maximum Gasteiger partial charge on any atom is 0.165 e. The molecule has 0 N–H and O–H groups in total. The third kappa shape index (κ3) is 2.16. The van der Waals surface area contributed by atoms with Gasteiger partial charge in [-0.15, -0.1) is 0 Å². The fraction of sp³-hybridized carbons (Fsp3) is 0.727. The summed E-state index contributed by atoms with van der Waals surface area (Å²) in [4.78, 5) is 5.96. The van der Waals surface area contributed by atoms with Crippen LogP contribution < -0.4 is 9.47 Å². The smallest absolute Gasteiger partial charge is 0.165 e. The number of rotatable bonds is 5. The Kier molecular flexibility index (Phi) is 3.67. The first-order chi connectivity index (χ1) is 13.8. The van der Waals surface area contributed by atoms with Crippen molar-refractivity contribution in [2.75, 3.05) is 19.7 Å². The minimum atomic E-state index is -0.0790. The molecule has 2 saturated carbocycles. The lowest BCUT2D eigenvalue weighted by Gasteiger charge is -2.59. The van der Waals surface area contributed by atoms with Gasteiger partial charge >= 0.3 is 0 Å². The molecule has 2 aliphatic heterocycles. The van der Waals surface area contributed by atoms with E-state index >= 15 is 0 Å². The summed E-state index contributed by atoms with van der Waals surface area (Å²) in [5, 5.41) is 4.19. The molecule has 0 unspecified atom stereocenters. The monoisotopic (exact) mass is 380 g/mol. The number of nitrogens with zero attached hydrogens (tertiary/aromatic N) is 4. The van der Waals surface area contributed by atoms with Crippen LogP contribution in [-0.2, 0) is 11.8 Å². The van der Waals surface area contributed by atoms with Gasteiger partial charge in [-0.3, -0.25) is 4.90 Å². The van der Waals surface area contributed by atoms with Gasteiger partial charge in [0.05, 0.1) is 12.6 Å². The van der Waals surface area contributed by atoms with Gasteiger partial charge in [-0.05, 0) is 81.0 Å². The van der Waals surface area contributed by atoms with Gasteiger partial charge in [0.25, 0.3) is 0 Å². The minimum absolute atomic E-state index is 0.00213. The van der Waals surface area contributed by atoms with Crippen LogP contribution >= 0.6 is 0 Å². The summed E-state index contributed by atoms with van der Waals surface area (Å²) in [5.74, 6) is 3.33. The fourth-order valence-corrected chi connectivity index (χ4v) is 6.90. The number of likely N-dealkylation sites (tertiary alicyclic amines) is 1. The fourth-order valence-electron chi connectivity index (χ4n) is 6.90. The second-order valence-corrected chi connectivity index (χ2v) is 9.35. The van der Waals surface area contributed by atoms with Crippen LogP contribution in [0.15, 0.2) is 17.2 Å². The lowest BCUT2D eigenvalue weighted by Crippen LogP contribution is -2.66. The van der Waals surface area contributed by atoms with Crippen LogP contribution in [0.1, 0.15) is 50.2 Å². The standard InChI is InChI=1S/C22H28N4O2/c1-2-27-18-8-5-14-11-17-15-6-7-16(24-25-23)21-22(15,19(14)20(18)28-21)9-10-26(17)12-13-3-4-13/h5,8,13,15-17,21H,2-4,6-7,9-12H2,1H3/t15-,16+,17+,21-,22-/m0/s1. The van der Waals surface area contributed by atoms with Gasteiger partial charge in [0.2, 0.25) is 0 Å². The zero-order valence-corrected chi connectivity index (χ0v) is 16.5. The maximum absolute atomic E-state index is 9.17. The van der Waals surface area contributed by atoms with Crippen LogP contribution in [0.25, 0.3) is 10.4 Å². The van der Waals surface area contributed by atoms with Crippen LogP contribution in [0.4, 0.5) is 0 Å². The van der Waals surface area contributed by atoms with Crippen molar-refractivity contribution in [1.29, 1.82) is 0 Å². The Morgan fingerprint density at radius 1 is 1.32 bits per heavy atom. The highest BCUT2D eigenvalue weighted by Crippen LogP contribution is 2.64. The van der Waals surface area contributed by atoms with Crippen LogP contribution in [0, 0.1) is 11.8 Å². The molecule has 1 aromatic rings. The van der Waals surface area contributed by atoms with E-state index in [4.69, 9.17) is 15.0 Å². The molecule has 3 fully saturated rings. The molecule has 6 heteroatoms. The van der Waals surface area contributed by atoms with E-state index in [1.165, 1.54) is 30.5 Å². The van der Waals surface area contributed by atoms with Gasteiger partial charge in [-0.25, -0.2) is 0 Å². The van der Waals surface area contributed by atoms with Crippen LogP contribution in [0.5, 0.6) is 11.5 Å². The molecule has 1 spiro atoms. The topological polar surface area (TPSA) is 70.5 Å². The second-order valence-electron chi connectivity index (χ2n) is 9.35. The molecule has 0 aromatic heterocycles. The normalized spacial score (nSPS) is 37.6. The summed E-state index contributed by atoms with van der Waals surface area (Å²) in [6.07, 6.45) is 7.07. The lowest BCUT2D eigenvalue weighted by molar-refractivity contribution is -0.0604. The Morgan fingerprint density at radius 3 is 3.00 bits per heavy atom. The molecule has 6 nitrogen and oxygen atoms in total. The molecule has 5 aliphatic rings. The largest absolute Gasteiger partial charge is 0.490 e. The maximum atomic E-state index is 9.17. The Bertz CT molecular complexity index is 862. The molecular weight excluding hydrogens is 352 g/mol. The first-order valence-corrected chi connectivity index (χ1v) is 11.0. The molecule has 2 bridgehead atoms. The Labute approximate surface area is 165 Å². The van der Waals surface area contributed by atoms with E-state index in [0.29, 0.717) is 18.6 Å². The van der Waals surface area contributed by atoms with E-state index in [1.807, 2.05) is 6.92 Å². The molecule has 0 amide bonds. The van der Waals surface area contributed by atoms with Crippen molar-refractivity contribution in [2.24, 2.45) is 17.0 Å². The minimum Gasteiger partial charge on any atom is -0.490 e. The lowest BCUT2D eigenvalue weighted by atomic mass is 9.51. The first-order valence-electron chi connectivity index (χ1n) is 11.0. The van der Waals surface area contributed by atoms with Crippen LogP contribution in [0.3, 0.4) is 0 Å². The van der Waals surface area contributed by atoms with Crippen molar-refractivity contribution in [3.05, 3.63) is 33.7 Å². The zero-order valence-electron chi connectivity index (χ0n) is 16.5. The van der Waals surface area contributed by atoms with Crippen molar-refractivity contribution >= 4 is 0 Å². The number of piperidine rings is 1. The van der Waals surface area contributed by atoms with E-state index in [-0.39, 0.29) is 17.6 Å². The summed E-state index contributed by atoms with van der Waals surface area (Å²) in [7, 11) is 0. The summed E-state index contributed by atoms with van der Waals surface area (Å²) in [6, 6.07) is 4.89. The molecule has 1 saturated heterocycles. The van der Waals surface area contributed by atoms with Gasteiger partial charge in [0.1, 0.15) is 6.10 Å². The van der Waals surface area contributed by atoms with E-state index in [1.54, 1.807) is 0 Å². The number of ether oxygens (including phenoxy) is 2. The van der Waals surface area contributed by atoms with E-state index < -0.39 is 0 Å². The average molecular weight is 380 g/mol.